The van der Waals surface area contributed by atoms with Gasteiger partial charge in [-0.25, -0.2) is 0 Å². The molecule has 0 aliphatic heterocycles. The summed E-state index contributed by atoms with van der Waals surface area (Å²) in [4.78, 5) is 0. The maximum absolute atomic E-state index is 10.5. The van der Waals surface area contributed by atoms with Crippen LogP contribution in [-0.4, -0.2) is 12.2 Å². The van der Waals surface area contributed by atoms with Crippen LogP contribution in [0.1, 0.15) is 33.9 Å². The molecule has 0 spiro atoms. The average Bonchev–Trinajstić information content (AvgIpc) is 2.48. The molecule has 0 aliphatic rings. The van der Waals surface area contributed by atoms with Crippen LogP contribution in [-0.2, 0) is 0 Å². The molecule has 1 N–H and O–H groups in total. The number of nitrogens with zero attached hydrogens (tertiary/aromatic N) is 1. The summed E-state index contributed by atoms with van der Waals surface area (Å²) in [5, 5.41) is 19.5. The molecule has 0 heterocycles. The second-order valence-electron chi connectivity index (χ2n) is 4.82. The minimum Gasteiger partial charge on any atom is -0.496 e. The van der Waals surface area contributed by atoms with E-state index in [2.05, 4.69) is 6.07 Å². The monoisotopic (exact) mass is 267 g/mol. The molecule has 0 saturated heterocycles. The zero-order chi connectivity index (χ0) is 14.7. The van der Waals surface area contributed by atoms with Gasteiger partial charge in [-0.15, -0.1) is 0 Å². The standard InChI is InChI=1S/C17H17NO2/c1-11-8-16(20-3)12(2)7-15(11)17(19)14-6-4-5-13(9-14)10-18/h4-9,17,19H,1-3H3. The van der Waals surface area contributed by atoms with Crippen molar-refractivity contribution in [3.63, 3.8) is 0 Å². The molecule has 0 aromatic heterocycles. The molecule has 102 valence electrons. The molecule has 0 aliphatic carbocycles. The van der Waals surface area contributed by atoms with Crippen LogP contribution in [0.5, 0.6) is 5.75 Å². The summed E-state index contributed by atoms with van der Waals surface area (Å²) in [6, 6.07) is 13.0. The third-order valence-corrected chi connectivity index (χ3v) is 3.41. The first-order valence-electron chi connectivity index (χ1n) is 6.40. The fourth-order valence-electron chi connectivity index (χ4n) is 2.28. The summed E-state index contributed by atoms with van der Waals surface area (Å²) in [5.41, 5.74) is 4.03. The van der Waals surface area contributed by atoms with Crippen LogP contribution < -0.4 is 4.74 Å². The number of benzene rings is 2. The third kappa shape index (κ3) is 2.66. The number of hydrogen-bond donors (Lipinski definition) is 1. The Kier molecular flexibility index (Phi) is 4.07. The number of aliphatic hydroxyl groups excluding tert-OH is 1. The molecule has 1 unspecified atom stereocenters. The van der Waals surface area contributed by atoms with Crippen molar-refractivity contribution in [3.05, 3.63) is 64.2 Å². The molecule has 0 fully saturated rings. The molecule has 0 amide bonds. The Morgan fingerprint density at radius 1 is 1.15 bits per heavy atom. The Morgan fingerprint density at radius 3 is 2.55 bits per heavy atom. The normalized spacial score (nSPS) is 11.8. The zero-order valence-electron chi connectivity index (χ0n) is 11.8. The van der Waals surface area contributed by atoms with Gasteiger partial charge in [0, 0.05) is 0 Å². The molecule has 2 aromatic rings. The van der Waals surface area contributed by atoms with Crippen LogP contribution in [0.3, 0.4) is 0 Å². The number of rotatable bonds is 3. The first-order valence-corrected chi connectivity index (χ1v) is 6.40. The Morgan fingerprint density at radius 2 is 1.90 bits per heavy atom. The van der Waals surface area contributed by atoms with Crippen LogP contribution in [0.25, 0.3) is 0 Å². The fraction of sp³-hybridized carbons (Fsp3) is 0.235. The third-order valence-electron chi connectivity index (χ3n) is 3.41. The lowest BCUT2D eigenvalue weighted by Crippen LogP contribution is -2.04. The molecule has 2 aromatic carbocycles. The number of aliphatic hydroxyl groups is 1. The first-order chi connectivity index (χ1) is 9.56. The highest BCUT2D eigenvalue weighted by Gasteiger charge is 2.15. The van der Waals surface area contributed by atoms with Crippen molar-refractivity contribution in [2.24, 2.45) is 0 Å². The van der Waals surface area contributed by atoms with E-state index in [9.17, 15) is 5.11 Å². The highest BCUT2D eigenvalue weighted by atomic mass is 16.5. The number of aryl methyl sites for hydroxylation is 2. The van der Waals surface area contributed by atoms with Crippen molar-refractivity contribution in [3.8, 4) is 11.8 Å². The predicted octanol–water partition coefficient (Wildman–Crippen LogP) is 3.27. The largest absolute Gasteiger partial charge is 0.496 e. The van der Waals surface area contributed by atoms with Gasteiger partial charge in [0.05, 0.1) is 18.7 Å². The van der Waals surface area contributed by atoms with Gasteiger partial charge in [0.1, 0.15) is 11.9 Å². The van der Waals surface area contributed by atoms with E-state index in [0.29, 0.717) is 5.56 Å². The number of ether oxygens (including phenoxy) is 1. The van der Waals surface area contributed by atoms with Gasteiger partial charge in [-0.2, -0.15) is 5.26 Å². The van der Waals surface area contributed by atoms with Crippen molar-refractivity contribution in [2.75, 3.05) is 7.11 Å². The fourth-order valence-corrected chi connectivity index (χ4v) is 2.28. The van der Waals surface area contributed by atoms with Gasteiger partial charge in [-0.3, -0.25) is 0 Å². The molecule has 0 saturated carbocycles. The first kappa shape index (κ1) is 14.1. The summed E-state index contributed by atoms with van der Waals surface area (Å²) in [7, 11) is 1.63. The molecular formula is C17H17NO2. The molecule has 20 heavy (non-hydrogen) atoms. The Hall–Kier alpha value is -2.31. The molecule has 3 heteroatoms. The van der Waals surface area contributed by atoms with Gasteiger partial charge in [0.25, 0.3) is 0 Å². The second-order valence-corrected chi connectivity index (χ2v) is 4.82. The van der Waals surface area contributed by atoms with Gasteiger partial charge in [0.15, 0.2) is 0 Å². The Labute approximate surface area is 119 Å². The van der Waals surface area contributed by atoms with Gasteiger partial charge in [-0.1, -0.05) is 12.1 Å². The van der Waals surface area contributed by atoms with Crippen LogP contribution >= 0.6 is 0 Å². The van der Waals surface area contributed by atoms with Crippen molar-refractivity contribution in [1.82, 2.24) is 0 Å². The van der Waals surface area contributed by atoms with Gasteiger partial charge < -0.3 is 9.84 Å². The SMILES string of the molecule is COc1cc(C)c(C(O)c2cccc(C#N)c2)cc1C. The van der Waals surface area contributed by atoms with Crippen LogP contribution in [0.2, 0.25) is 0 Å². The summed E-state index contributed by atoms with van der Waals surface area (Å²) in [6.07, 6.45) is -0.743. The minimum atomic E-state index is -0.743. The molecular weight excluding hydrogens is 250 g/mol. The maximum Gasteiger partial charge on any atom is 0.122 e. The molecule has 0 radical (unpaired) electrons. The van der Waals surface area contributed by atoms with Crippen molar-refractivity contribution >= 4 is 0 Å². The number of methoxy groups -OCH3 is 1. The van der Waals surface area contributed by atoms with E-state index >= 15 is 0 Å². The summed E-state index contributed by atoms with van der Waals surface area (Å²) in [6.45, 7) is 3.88. The van der Waals surface area contributed by atoms with Gasteiger partial charge in [0.2, 0.25) is 0 Å². The molecule has 3 nitrogen and oxygen atoms in total. The minimum absolute atomic E-state index is 0.546. The van der Waals surface area contributed by atoms with E-state index in [-0.39, 0.29) is 0 Å². The molecule has 2 rings (SSSR count). The number of hydrogen-bond acceptors (Lipinski definition) is 3. The predicted molar refractivity (Wildman–Crippen MR) is 77.7 cm³/mol. The molecule has 1 atom stereocenters. The molecule has 0 bridgehead atoms. The van der Waals surface area contributed by atoms with Crippen molar-refractivity contribution in [2.45, 2.75) is 20.0 Å². The Bertz CT molecular complexity index is 671. The van der Waals surface area contributed by atoms with Crippen LogP contribution in [0.4, 0.5) is 0 Å². The number of nitriles is 1. The highest BCUT2D eigenvalue weighted by molar-refractivity contribution is 5.46. The second kappa shape index (κ2) is 5.77. The summed E-state index contributed by atoms with van der Waals surface area (Å²) < 4.78 is 5.28. The van der Waals surface area contributed by atoms with E-state index in [0.717, 1.165) is 28.0 Å². The van der Waals surface area contributed by atoms with Crippen LogP contribution in [0, 0.1) is 25.2 Å². The Balaban J connectivity index is 2.45. The summed E-state index contributed by atoms with van der Waals surface area (Å²) in [5.74, 6) is 0.809. The highest BCUT2D eigenvalue weighted by Crippen LogP contribution is 2.30. The van der Waals surface area contributed by atoms with Crippen molar-refractivity contribution < 1.29 is 9.84 Å². The topological polar surface area (TPSA) is 53.2 Å². The quantitative estimate of drug-likeness (QED) is 0.928. The van der Waals surface area contributed by atoms with Crippen molar-refractivity contribution in [1.29, 1.82) is 5.26 Å². The lowest BCUT2D eigenvalue weighted by Gasteiger charge is -2.17. The summed E-state index contributed by atoms with van der Waals surface area (Å²) >= 11 is 0. The van der Waals surface area contributed by atoms with E-state index in [1.165, 1.54) is 0 Å². The average molecular weight is 267 g/mol. The van der Waals surface area contributed by atoms with E-state index in [1.54, 1.807) is 25.3 Å². The smallest absolute Gasteiger partial charge is 0.122 e. The van der Waals surface area contributed by atoms with Crippen LogP contribution in [0.15, 0.2) is 36.4 Å². The van der Waals surface area contributed by atoms with E-state index in [4.69, 9.17) is 10.00 Å². The van der Waals surface area contributed by atoms with Gasteiger partial charge in [-0.05, 0) is 60.4 Å². The maximum atomic E-state index is 10.5. The van der Waals surface area contributed by atoms with E-state index in [1.807, 2.05) is 32.0 Å². The van der Waals surface area contributed by atoms with Gasteiger partial charge >= 0.3 is 0 Å². The lowest BCUT2D eigenvalue weighted by atomic mass is 9.94. The van der Waals surface area contributed by atoms with E-state index < -0.39 is 6.10 Å². The lowest BCUT2D eigenvalue weighted by molar-refractivity contribution is 0.219. The zero-order valence-corrected chi connectivity index (χ0v) is 11.8.